The van der Waals surface area contributed by atoms with E-state index in [0.29, 0.717) is 0 Å². The second-order valence-corrected chi connectivity index (χ2v) is 7.19. The van der Waals surface area contributed by atoms with Crippen LogP contribution in [0.3, 0.4) is 0 Å². The monoisotopic (exact) mass is 285 g/mol. The van der Waals surface area contributed by atoms with E-state index in [0.717, 1.165) is 24.3 Å². The van der Waals surface area contributed by atoms with E-state index in [2.05, 4.69) is 26.9 Å². The molecule has 0 unspecified atom stereocenters. The van der Waals surface area contributed by atoms with Crippen molar-refractivity contribution >= 4 is 0 Å². The molecule has 3 atom stereocenters. The van der Waals surface area contributed by atoms with E-state index < -0.39 is 0 Å². The average molecular weight is 285 g/mol. The van der Waals surface area contributed by atoms with Crippen LogP contribution in [-0.2, 0) is 6.42 Å². The summed E-state index contributed by atoms with van der Waals surface area (Å²) >= 11 is 0. The van der Waals surface area contributed by atoms with Gasteiger partial charge >= 0.3 is 0 Å². The molecule has 0 spiro atoms. The summed E-state index contributed by atoms with van der Waals surface area (Å²) in [6.45, 7) is 6.25. The second kappa shape index (κ2) is 6.05. The Morgan fingerprint density at radius 1 is 1.05 bits per heavy atom. The highest BCUT2D eigenvalue weighted by atomic mass is 15.3. The minimum absolute atomic E-state index is 0.932. The van der Waals surface area contributed by atoms with E-state index in [9.17, 15) is 0 Å². The van der Waals surface area contributed by atoms with Crippen LogP contribution in [0.4, 0.5) is 0 Å². The molecule has 3 aliphatic rings. The van der Waals surface area contributed by atoms with Gasteiger partial charge in [-0.1, -0.05) is 12.5 Å². The van der Waals surface area contributed by atoms with Crippen molar-refractivity contribution in [2.24, 2.45) is 11.8 Å². The van der Waals surface area contributed by atoms with Crippen LogP contribution in [0.2, 0.25) is 0 Å². The number of rotatable bonds is 4. The van der Waals surface area contributed by atoms with Crippen LogP contribution in [0.5, 0.6) is 0 Å². The Balaban J connectivity index is 1.24. The zero-order valence-electron chi connectivity index (χ0n) is 13.0. The molecule has 3 heteroatoms. The molecule has 0 amide bonds. The highest BCUT2D eigenvalue weighted by Crippen LogP contribution is 2.46. The van der Waals surface area contributed by atoms with Gasteiger partial charge in [0.1, 0.15) is 0 Å². The predicted molar refractivity (Wildman–Crippen MR) is 85.2 cm³/mol. The van der Waals surface area contributed by atoms with Gasteiger partial charge in [-0.05, 0) is 43.2 Å². The van der Waals surface area contributed by atoms with Crippen LogP contribution in [0.25, 0.3) is 0 Å². The SMILES string of the molecule is c1ccc(CCN2CCN([C@@H]3C[C@H]4CC[C@H]3C4)CC2)nc1. The first kappa shape index (κ1) is 13.7. The summed E-state index contributed by atoms with van der Waals surface area (Å²) < 4.78 is 0. The van der Waals surface area contributed by atoms with Gasteiger partial charge in [0.05, 0.1) is 0 Å². The summed E-state index contributed by atoms with van der Waals surface area (Å²) in [5, 5.41) is 0. The molecule has 2 bridgehead atoms. The zero-order chi connectivity index (χ0) is 14.1. The van der Waals surface area contributed by atoms with Crippen molar-refractivity contribution in [1.29, 1.82) is 0 Å². The van der Waals surface area contributed by atoms with Gasteiger partial charge in [-0.15, -0.1) is 0 Å². The van der Waals surface area contributed by atoms with Crippen molar-refractivity contribution in [3.63, 3.8) is 0 Å². The first-order valence-electron chi connectivity index (χ1n) is 8.75. The molecule has 1 aromatic heterocycles. The normalized spacial score (nSPS) is 33.6. The third kappa shape index (κ3) is 3.00. The highest BCUT2D eigenvalue weighted by molar-refractivity contribution is 5.04. The van der Waals surface area contributed by atoms with Crippen LogP contribution in [0, 0.1) is 11.8 Å². The number of nitrogens with zero attached hydrogens (tertiary/aromatic N) is 3. The maximum Gasteiger partial charge on any atom is 0.0416 e. The average Bonchev–Trinajstić information content (AvgIpc) is 3.17. The molecular formula is C18H27N3. The molecule has 1 saturated heterocycles. The fraction of sp³-hybridized carbons (Fsp3) is 0.722. The third-order valence-electron chi connectivity index (χ3n) is 5.99. The van der Waals surface area contributed by atoms with Crippen LogP contribution in [-0.4, -0.2) is 53.5 Å². The number of aromatic nitrogens is 1. The van der Waals surface area contributed by atoms with Gasteiger partial charge in [0.2, 0.25) is 0 Å². The molecule has 2 aliphatic carbocycles. The highest BCUT2D eigenvalue weighted by Gasteiger charge is 2.42. The fourth-order valence-electron chi connectivity index (χ4n) is 4.80. The van der Waals surface area contributed by atoms with Crippen LogP contribution >= 0.6 is 0 Å². The van der Waals surface area contributed by atoms with Crippen molar-refractivity contribution in [2.75, 3.05) is 32.7 Å². The molecule has 2 saturated carbocycles. The lowest BCUT2D eigenvalue weighted by atomic mass is 9.93. The topological polar surface area (TPSA) is 19.4 Å². The summed E-state index contributed by atoms with van der Waals surface area (Å²) in [6.07, 6.45) is 9.06. The molecule has 3 fully saturated rings. The molecule has 0 radical (unpaired) electrons. The lowest BCUT2D eigenvalue weighted by Crippen LogP contribution is -2.52. The Labute approximate surface area is 128 Å². The van der Waals surface area contributed by atoms with Crippen molar-refractivity contribution < 1.29 is 0 Å². The molecule has 0 N–H and O–H groups in total. The van der Waals surface area contributed by atoms with Gasteiger partial charge in [0, 0.05) is 57.1 Å². The Morgan fingerprint density at radius 3 is 2.62 bits per heavy atom. The minimum Gasteiger partial charge on any atom is -0.300 e. The Morgan fingerprint density at radius 2 is 1.95 bits per heavy atom. The van der Waals surface area contributed by atoms with E-state index in [4.69, 9.17) is 0 Å². The summed E-state index contributed by atoms with van der Waals surface area (Å²) in [4.78, 5) is 9.86. The molecule has 4 rings (SSSR count). The summed E-state index contributed by atoms with van der Waals surface area (Å²) in [5.41, 5.74) is 1.23. The van der Waals surface area contributed by atoms with Crippen molar-refractivity contribution in [3.8, 4) is 0 Å². The smallest absolute Gasteiger partial charge is 0.0416 e. The maximum absolute atomic E-state index is 4.43. The quantitative estimate of drug-likeness (QED) is 0.847. The summed E-state index contributed by atoms with van der Waals surface area (Å²) in [5.74, 6) is 2.11. The number of pyridine rings is 1. The second-order valence-electron chi connectivity index (χ2n) is 7.19. The van der Waals surface area contributed by atoms with E-state index in [1.165, 1.54) is 64.1 Å². The zero-order valence-corrected chi connectivity index (χ0v) is 13.0. The third-order valence-corrected chi connectivity index (χ3v) is 5.99. The number of piperazine rings is 1. The van der Waals surface area contributed by atoms with E-state index in [1.807, 2.05) is 12.3 Å². The lowest BCUT2D eigenvalue weighted by molar-refractivity contribution is 0.0717. The van der Waals surface area contributed by atoms with Gasteiger partial charge in [-0.2, -0.15) is 0 Å². The van der Waals surface area contributed by atoms with Crippen molar-refractivity contribution in [2.45, 2.75) is 38.1 Å². The standard InChI is InChI=1S/C18H27N3/c1-2-7-19-17(3-1)6-8-20-9-11-21(12-10-20)18-14-15-4-5-16(18)13-15/h1-3,7,15-16,18H,4-6,8-14H2/t15-,16-,18+/m0/s1. The molecule has 21 heavy (non-hydrogen) atoms. The molecule has 114 valence electrons. The van der Waals surface area contributed by atoms with Gasteiger partial charge in [-0.3, -0.25) is 9.88 Å². The largest absolute Gasteiger partial charge is 0.300 e. The maximum atomic E-state index is 4.43. The predicted octanol–water partition coefficient (Wildman–Crippen LogP) is 2.43. The molecule has 1 aromatic rings. The molecule has 1 aliphatic heterocycles. The Bertz CT molecular complexity index is 453. The molecule has 2 heterocycles. The lowest BCUT2D eigenvalue weighted by Gasteiger charge is -2.41. The summed E-state index contributed by atoms with van der Waals surface area (Å²) in [6, 6.07) is 7.17. The van der Waals surface area contributed by atoms with E-state index >= 15 is 0 Å². The van der Waals surface area contributed by atoms with Crippen LogP contribution in [0.15, 0.2) is 24.4 Å². The first-order chi connectivity index (χ1) is 10.4. The fourth-order valence-corrected chi connectivity index (χ4v) is 4.80. The van der Waals surface area contributed by atoms with E-state index in [1.54, 1.807) is 0 Å². The first-order valence-corrected chi connectivity index (χ1v) is 8.75. The minimum atomic E-state index is 0.932. The van der Waals surface area contributed by atoms with Gasteiger partial charge in [0.15, 0.2) is 0 Å². The molecule has 0 aromatic carbocycles. The van der Waals surface area contributed by atoms with Gasteiger partial charge in [0.25, 0.3) is 0 Å². The van der Waals surface area contributed by atoms with Gasteiger partial charge in [-0.25, -0.2) is 0 Å². The van der Waals surface area contributed by atoms with Gasteiger partial charge < -0.3 is 4.90 Å². The Hall–Kier alpha value is -0.930. The van der Waals surface area contributed by atoms with Crippen LogP contribution < -0.4 is 0 Å². The van der Waals surface area contributed by atoms with Crippen LogP contribution in [0.1, 0.15) is 31.4 Å². The van der Waals surface area contributed by atoms with E-state index in [-0.39, 0.29) is 0 Å². The van der Waals surface area contributed by atoms with Crippen molar-refractivity contribution in [1.82, 2.24) is 14.8 Å². The summed E-state index contributed by atoms with van der Waals surface area (Å²) in [7, 11) is 0. The number of fused-ring (bicyclic) bond motifs is 2. The molecular weight excluding hydrogens is 258 g/mol. The van der Waals surface area contributed by atoms with Crippen molar-refractivity contribution in [3.05, 3.63) is 30.1 Å². The Kier molecular flexibility index (Phi) is 3.95. The number of hydrogen-bond donors (Lipinski definition) is 0. The molecule has 3 nitrogen and oxygen atoms in total. The number of hydrogen-bond acceptors (Lipinski definition) is 3.